The number of Topliss-reactive ketones (excluding diaryl/α,β-unsaturated/α-hetero) is 1. The van der Waals surface area contributed by atoms with Crippen LogP contribution in [0.2, 0.25) is 5.02 Å². The van der Waals surface area contributed by atoms with Gasteiger partial charge in [-0.25, -0.2) is 0 Å². The molecule has 2 aromatic carbocycles. The van der Waals surface area contributed by atoms with Gasteiger partial charge in [-0.05, 0) is 44.1 Å². The Kier molecular flexibility index (Phi) is 5.84. The lowest BCUT2D eigenvalue weighted by Crippen LogP contribution is -2.40. The summed E-state index contributed by atoms with van der Waals surface area (Å²) in [7, 11) is 0. The number of nitrogens with one attached hydrogen (secondary N) is 1. The number of ketones is 1. The van der Waals surface area contributed by atoms with Gasteiger partial charge in [-0.2, -0.15) is 0 Å². The summed E-state index contributed by atoms with van der Waals surface area (Å²) in [4.78, 5) is 26.7. The monoisotopic (exact) mass is 356 g/mol. The second kappa shape index (κ2) is 8.28. The Labute approximate surface area is 152 Å². The molecular formula is C20H21ClN2O2. The van der Waals surface area contributed by atoms with Gasteiger partial charge in [-0.3, -0.25) is 14.5 Å². The highest BCUT2D eigenvalue weighted by Crippen LogP contribution is 2.22. The van der Waals surface area contributed by atoms with Gasteiger partial charge in [0, 0.05) is 22.2 Å². The van der Waals surface area contributed by atoms with Crippen LogP contribution in [0.1, 0.15) is 23.2 Å². The molecule has 1 N–H and O–H groups in total. The third-order valence-corrected chi connectivity index (χ3v) is 4.73. The van der Waals surface area contributed by atoms with Crippen LogP contribution in [0.4, 0.5) is 5.69 Å². The number of halogens is 1. The zero-order chi connectivity index (χ0) is 17.6. The molecule has 130 valence electrons. The van der Waals surface area contributed by atoms with Gasteiger partial charge < -0.3 is 5.32 Å². The minimum absolute atomic E-state index is 0.0506. The lowest BCUT2D eigenvalue weighted by Gasteiger charge is -2.30. The van der Waals surface area contributed by atoms with Crippen molar-refractivity contribution in [2.75, 3.05) is 25.0 Å². The maximum absolute atomic E-state index is 12.5. The smallest absolute Gasteiger partial charge is 0.238 e. The number of amides is 1. The Morgan fingerprint density at radius 3 is 2.44 bits per heavy atom. The number of piperidine rings is 1. The summed E-state index contributed by atoms with van der Waals surface area (Å²) >= 11 is 5.92. The summed E-state index contributed by atoms with van der Waals surface area (Å²) in [5.74, 6) is 0.202. The van der Waals surface area contributed by atoms with E-state index in [0.717, 1.165) is 31.5 Å². The predicted molar refractivity (Wildman–Crippen MR) is 100 cm³/mol. The van der Waals surface area contributed by atoms with Crippen LogP contribution in [0, 0.1) is 5.92 Å². The van der Waals surface area contributed by atoms with Gasteiger partial charge in [0.2, 0.25) is 5.91 Å². The van der Waals surface area contributed by atoms with Gasteiger partial charge in [-0.1, -0.05) is 48.0 Å². The van der Waals surface area contributed by atoms with Gasteiger partial charge in [-0.15, -0.1) is 0 Å². The van der Waals surface area contributed by atoms with Crippen molar-refractivity contribution in [1.29, 1.82) is 0 Å². The first-order chi connectivity index (χ1) is 12.1. The standard InChI is InChI=1S/C20H21ClN2O2/c21-17-7-4-8-18(13-17)22-19(24)14-23-11-9-16(10-12-23)20(25)15-5-2-1-3-6-15/h1-8,13,16H,9-12,14H2,(H,22,24). The Bertz CT molecular complexity index is 740. The van der Waals surface area contributed by atoms with Gasteiger partial charge in [0.25, 0.3) is 0 Å². The average molecular weight is 357 g/mol. The lowest BCUT2D eigenvalue weighted by molar-refractivity contribution is -0.117. The highest BCUT2D eigenvalue weighted by Gasteiger charge is 2.26. The van der Waals surface area contributed by atoms with E-state index in [2.05, 4.69) is 10.2 Å². The number of hydrogen-bond donors (Lipinski definition) is 1. The molecule has 1 fully saturated rings. The zero-order valence-electron chi connectivity index (χ0n) is 14.0. The summed E-state index contributed by atoms with van der Waals surface area (Å²) in [6.45, 7) is 1.84. The van der Waals surface area contributed by atoms with Gasteiger partial charge in [0.05, 0.1) is 6.54 Å². The number of carbonyl (C=O) groups is 2. The molecule has 1 aliphatic heterocycles. The van der Waals surface area contributed by atoms with E-state index in [1.807, 2.05) is 36.4 Å². The molecule has 0 unspecified atom stereocenters. The fraction of sp³-hybridized carbons (Fsp3) is 0.300. The van der Waals surface area contributed by atoms with Crippen LogP contribution in [-0.4, -0.2) is 36.2 Å². The van der Waals surface area contributed by atoms with Crippen molar-refractivity contribution in [1.82, 2.24) is 4.90 Å². The van der Waals surface area contributed by atoms with E-state index in [-0.39, 0.29) is 17.6 Å². The molecule has 0 spiro atoms. The molecule has 1 heterocycles. The third kappa shape index (κ3) is 4.91. The van der Waals surface area contributed by atoms with Crippen molar-refractivity contribution in [3.8, 4) is 0 Å². The van der Waals surface area contributed by atoms with Crippen molar-refractivity contribution in [3.63, 3.8) is 0 Å². The molecule has 1 saturated heterocycles. The molecule has 2 aromatic rings. The molecule has 0 atom stereocenters. The molecule has 3 rings (SSSR count). The Hall–Kier alpha value is -2.17. The third-order valence-electron chi connectivity index (χ3n) is 4.49. The number of benzene rings is 2. The minimum atomic E-state index is -0.0601. The van der Waals surface area contributed by atoms with Crippen LogP contribution < -0.4 is 5.32 Å². The van der Waals surface area contributed by atoms with Gasteiger partial charge in [0.15, 0.2) is 5.78 Å². The predicted octanol–water partition coefficient (Wildman–Crippen LogP) is 3.87. The zero-order valence-corrected chi connectivity index (χ0v) is 14.7. The maximum atomic E-state index is 12.5. The second-order valence-corrected chi connectivity index (χ2v) is 6.78. The number of rotatable bonds is 5. The molecule has 1 aliphatic rings. The normalized spacial score (nSPS) is 15.7. The number of carbonyl (C=O) groups excluding carboxylic acids is 2. The topological polar surface area (TPSA) is 49.4 Å². The summed E-state index contributed by atoms with van der Waals surface area (Å²) in [6.07, 6.45) is 1.58. The largest absolute Gasteiger partial charge is 0.325 e. The van der Waals surface area contributed by atoms with Crippen molar-refractivity contribution >= 4 is 29.0 Å². The van der Waals surface area contributed by atoms with Crippen LogP contribution in [0.5, 0.6) is 0 Å². The first-order valence-electron chi connectivity index (χ1n) is 8.49. The van der Waals surface area contributed by atoms with Crippen LogP contribution >= 0.6 is 11.6 Å². The average Bonchev–Trinajstić information content (AvgIpc) is 2.62. The Morgan fingerprint density at radius 1 is 1.04 bits per heavy atom. The first-order valence-corrected chi connectivity index (χ1v) is 8.86. The highest BCUT2D eigenvalue weighted by molar-refractivity contribution is 6.30. The van der Waals surface area contributed by atoms with E-state index < -0.39 is 0 Å². The van der Waals surface area contributed by atoms with Crippen LogP contribution in [-0.2, 0) is 4.79 Å². The molecule has 5 heteroatoms. The number of hydrogen-bond acceptors (Lipinski definition) is 3. The number of anilines is 1. The molecule has 4 nitrogen and oxygen atoms in total. The van der Waals surface area contributed by atoms with Crippen LogP contribution in [0.25, 0.3) is 0 Å². The Morgan fingerprint density at radius 2 is 1.76 bits per heavy atom. The van der Waals surface area contributed by atoms with Crippen LogP contribution in [0.15, 0.2) is 54.6 Å². The number of nitrogens with zero attached hydrogens (tertiary/aromatic N) is 1. The molecule has 1 amide bonds. The molecule has 0 radical (unpaired) electrons. The van der Waals surface area contributed by atoms with Gasteiger partial charge >= 0.3 is 0 Å². The fourth-order valence-corrected chi connectivity index (χ4v) is 3.35. The highest BCUT2D eigenvalue weighted by atomic mass is 35.5. The van der Waals surface area contributed by atoms with Crippen molar-refractivity contribution in [2.24, 2.45) is 5.92 Å². The second-order valence-electron chi connectivity index (χ2n) is 6.34. The SMILES string of the molecule is O=C(CN1CCC(C(=O)c2ccccc2)CC1)Nc1cccc(Cl)c1. The van der Waals surface area contributed by atoms with Crippen LogP contribution in [0.3, 0.4) is 0 Å². The quantitative estimate of drug-likeness (QED) is 0.827. The lowest BCUT2D eigenvalue weighted by atomic mass is 9.89. The minimum Gasteiger partial charge on any atom is -0.325 e. The molecule has 0 saturated carbocycles. The maximum Gasteiger partial charge on any atom is 0.238 e. The fourth-order valence-electron chi connectivity index (χ4n) is 3.16. The van der Waals surface area contributed by atoms with Crippen molar-refractivity contribution in [3.05, 3.63) is 65.2 Å². The van der Waals surface area contributed by atoms with E-state index in [0.29, 0.717) is 17.3 Å². The van der Waals surface area contributed by atoms with E-state index >= 15 is 0 Å². The summed E-state index contributed by atoms with van der Waals surface area (Å²) < 4.78 is 0. The molecule has 0 aliphatic carbocycles. The first kappa shape index (κ1) is 17.6. The summed E-state index contributed by atoms with van der Waals surface area (Å²) in [5, 5.41) is 3.45. The van der Waals surface area contributed by atoms with E-state index in [9.17, 15) is 9.59 Å². The summed E-state index contributed by atoms with van der Waals surface area (Å²) in [5.41, 5.74) is 1.48. The molecule has 0 bridgehead atoms. The van der Waals surface area contributed by atoms with E-state index in [4.69, 9.17) is 11.6 Å². The molecule has 25 heavy (non-hydrogen) atoms. The van der Waals surface area contributed by atoms with E-state index in [1.165, 1.54) is 0 Å². The number of likely N-dealkylation sites (tertiary alicyclic amines) is 1. The van der Waals surface area contributed by atoms with E-state index in [1.54, 1.807) is 18.2 Å². The Balaban J connectivity index is 1.47. The van der Waals surface area contributed by atoms with Gasteiger partial charge in [0.1, 0.15) is 0 Å². The molecular weight excluding hydrogens is 336 g/mol. The summed E-state index contributed by atoms with van der Waals surface area (Å²) in [6, 6.07) is 16.5. The van der Waals surface area contributed by atoms with Crippen molar-refractivity contribution < 1.29 is 9.59 Å². The van der Waals surface area contributed by atoms with Crippen molar-refractivity contribution in [2.45, 2.75) is 12.8 Å². The molecule has 0 aromatic heterocycles.